The van der Waals surface area contributed by atoms with Crippen LogP contribution >= 0.6 is 0 Å². The molecule has 0 radical (unpaired) electrons. The SMILES string of the molecule is CCNC(c1cnccn1)C1Cc2ccccc21. The molecule has 1 aliphatic rings. The van der Waals surface area contributed by atoms with Gasteiger partial charge in [-0.25, -0.2) is 0 Å². The summed E-state index contributed by atoms with van der Waals surface area (Å²) in [7, 11) is 0. The Bertz CT molecular complexity index is 524. The maximum absolute atomic E-state index is 4.45. The van der Waals surface area contributed by atoms with E-state index in [-0.39, 0.29) is 6.04 Å². The number of benzene rings is 1. The highest BCUT2D eigenvalue weighted by Gasteiger charge is 2.33. The van der Waals surface area contributed by atoms with Crippen molar-refractivity contribution in [1.29, 1.82) is 0 Å². The summed E-state index contributed by atoms with van der Waals surface area (Å²) in [5.41, 5.74) is 3.96. The fourth-order valence-electron chi connectivity index (χ4n) is 2.74. The predicted molar refractivity (Wildman–Crippen MR) is 71.3 cm³/mol. The van der Waals surface area contributed by atoms with Crippen LogP contribution in [0.25, 0.3) is 0 Å². The molecule has 18 heavy (non-hydrogen) atoms. The van der Waals surface area contributed by atoms with Crippen LogP contribution in [0.3, 0.4) is 0 Å². The molecule has 1 N–H and O–H groups in total. The molecule has 3 rings (SSSR count). The lowest BCUT2D eigenvalue weighted by atomic mass is 9.72. The summed E-state index contributed by atoms with van der Waals surface area (Å²) in [6.45, 7) is 3.08. The number of hydrogen-bond donors (Lipinski definition) is 1. The van der Waals surface area contributed by atoms with Gasteiger partial charge in [-0.15, -0.1) is 0 Å². The molecule has 92 valence electrons. The van der Waals surface area contributed by atoms with Crippen molar-refractivity contribution in [1.82, 2.24) is 15.3 Å². The Kier molecular flexibility index (Phi) is 3.07. The number of likely N-dealkylation sites (N-methyl/N-ethyl adjacent to an activating group) is 1. The second kappa shape index (κ2) is 4.86. The quantitative estimate of drug-likeness (QED) is 0.890. The summed E-state index contributed by atoms with van der Waals surface area (Å²) in [5.74, 6) is 0.526. The average Bonchev–Trinajstić information content (AvgIpc) is 2.40. The Morgan fingerprint density at radius 3 is 2.94 bits per heavy atom. The van der Waals surface area contributed by atoms with Crippen LogP contribution in [-0.2, 0) is 6.42 Å². The van der Waals surface area contributed by atoms with Gasteiger partial charge >= 0.3 is 0 Å². The van der Waals surface area contributed by atoms with Gasteiger partial charge < -0.3 is 5.32 Å². The van der Waals surface area contributed by atoms with Crippen molar-refractivity contribution >= 4 is 0 Å². The fourth-order valence-corrected chi connectivity index (χ4v) is 2.74. The van der Waals surface area contributed by atoms with Crippen molar-refractivity contribution in [3.8, 4) is 0 Å². The van der Waals surface area contributed by atoms with E-state index in [1.54, 1.807) is 12.4 Å². The van der Waals surface area contributed by atoms with Crippen molar-refractivity contribution in [2.75, 3.05) is 6.54 Å². The van der Waals surface area contributed by atoms with E-state index in [0.29, 0.717) is 5.92 Å². The molecular formula is C15H17N3. The molecule has 0 saturated carbocycles. The van der Waals surface area contributed by atoms with Crippen LogP contribution in [0.15, 0.2) is 42.9 Å². The molecule has 1 aliphatic carbocycles. The van der Waals surface area contributed by atoms with Crippen molar-refractivity contribution in [3.05, 3.63) is 59.7 Å². The molecule has 3 heteroatoms. The molecule has 2 aromatic rings. The Morgan fingerprint density at radius 2 is 2.22 bits per heavy atom. The summed E-state index contributed by atoms with van der Waals surface area (Å²) < 4.78 is 0. The minimum absolute atomic E-state index is 0.276. The third-order valence-corrected chi connectivity index (χ3v) is 3.62. The maximum Gasteiger partial charge on any atom is 0.0762 e. The lowest BCUT2D eigenvalue weighted by Crippen LogP contribution is -2.33. The molecule has 1 aromatic carbocycles. The van der Waals surface area contributed by atoms with E-state index >= 15 is 0 Å². The summed E-state index contributed by atoms with van der Waals surface area (Å²) in [6, 6.07) is 8.94. The first kappa shape index (κ1) is 11.4. The van der Waals surface area contributed by atoms with Crippen LogP contribution in [0.4, 0.5) is 0 Å². The van der Waals surface area contributed by atoms with Crippen LogP contribution in [0.2, 0.25) is 0 Å². The number of nitrogens with zero attached hydrogens (tertiary/aromatic N) is 2. The van der Waals surface area contributed by atoms with Gasteiger partial charge in [-0.3, -0.25) is 9.97 Å². The van der Waals surface area contributed by atoms with Crippen LogP contribution in [0.5, 0.6) is 0 Å². The topological polar surface area (TPSA) is 37.8 Å². The van der Waals surface area contributed by atoms with Crippen LogP contribution in [0.1, 0.15) is 35.7 Å². The molecule has 0 amide bonds. The number of rotatable bonds is 4. The molecule has 0 bridgehead atoms. The van der Waals surface area contributed by atoms with Gasteiger partial charge in [0, 0.05) is 24.5 Å². The molecule has 1 aromatic heterocycles. The lowest BCUT2D eigenvalue weighted by molar-refractivity contribution is 0.410. The molecule has 3 nitrogen and oxygen atoms in total. The fraction of sp³-hybridized carbons (Fsp3) is 0.333. The Hall–Kier alpha value is -1.74. The minimum Gasteiger partial charge on any atom is -0.308 e. The molecular weight excluding hydrogens is 222 g/mol. The average molecular weight is 239 g/mol. The number of fused-ring (bicyclic) bond motifs is 1. The van der Waals surface area contributed by atoms with Crippen molar-refractivity contribution in [2.45, 2.75) is 25.3 Å². The Labute approximate surface area is 107 Å². The molecule has 0 saturated heterocycles. The van der Waals surface area contributed by atoms with Gasteiger partial charge in [0.2, 0.25) is 0 Å². The molecule has 1 heterocycles. The number of nitrogens with one attached hydrogen (secondary N) is 1. The zero-order valence-electron chi connectivity index (χ0n) is 10.5. The first-order valence-corrected chi connectivity index (χ1v) is 6.47. The summed E-state index contributed by atoms with van der Waals surface area (Å²) in [4.78, 5) is 8.63. The summed E-state index contributed by atoms with van der Waals surface area (Å²) in [6.07, 6.45) is 6.49. The summed E-state index contributed by atoms with van der Waals surface area (Å²) in [5, 5.41) is 3.54. The monoisotopic (exact) mass is 239 g/mol. The molecule has 2 atom stereocenters. The molecule has 0 spiro atoms. The van der Waals surface area contributed by atoms with E-state index in [1.807, 2.05) is 6.20 Å². The Balaban J connectivity index is 1.89. The van der Waals surface area contributed by atoms with E-state index in [1.165, 1.54) is 11.1 Å². The van der Waals surface area contributed by atoms with E-state index < -0.39 is 0 Å². The molecule has 2 unspecified atom stereocenters. The highest BCUT2D eigenvalue weighted by atomic mass is 15.0. The zero-order chi connectivity index (χ0) is 12.4. The van der Waals surface area contributed by atoms with Gasteiger partial charge in [-0.05, 0) is 24.1 Å². The van der Waals surface area contributed by atoms with Gasteiger partial charge in [-0.2, -0.15) is 0 Å². The Morgan fingerprint density at radius 1 is 1.33 bits per heavy atom. The zero-order valence-corrected chi connectivity index (χ0v) is 10.5. The van der Waals surface area contributed by atoms with Crippen molar-refractivity contribution in [3.63, 3.8) is 0 Å². The van der Waals surface area contributed by atoms with Crippen LogP contribution < -0.4 is 5.32 Å². The normalized spacial score (nSPS) is 18.8. The minimum atomic E-state index is 0.276. The third kappa shape index (κ3) is 1.91. The van der Waals surface area contributed by atoms with Crippen molar-refractivity contribution in [2.24, 2.45) is 0 Å². The third-order valence-electron chi connectivity index (χ3n) is 3.62. The lowest BCUT2D eigenvalue weighted by Gasteiger charge is -2.36. The number of hydrogen-bond acceptors (Lipinski definition) is 3. The first-order valence-electron chi connectivity index (χ1n) is 6.47. The maximum atomic E-state index is 4.45. The van der Waals surface area contributed by atoms with Gasteiger partial charge in [0.15, 0.2) is 0 Å². The molecule has 0 aliphatic heterocycles. The van der Waals surface area contributed by atoms with E-state index in [0.717, 1.165) is 18.7 Å². The highest BCUT2D eigenvalue weighted by Crippen LogP contribution is 2.42. The van der Waals surface area contributed by atoms with E-state index in [2.05, 4.69) is 46.5 Å². The van der Waals surface area contributed by atoms with Crippen LogP contribution in [-0.4, -0.2) is 16.5 Å². The van der Waals surface area contributed by atoms with Crippen LogP contribution in [0, 0.1) is 0 Å². The highest BCUT2D eigenvalue weighted by molar-refractivity contribution is 5.42. The smallest absolute Gasteiger partial charge is 0.0762 e. The first-order chi connectivity index (χ1) is 8.90. The second-order valence-corrected chi connectivity index (χ2v) is 4.68. The van der Waals surface area contributed by atoms with Gasteiger partial charge in [-0.1, -0.05) is 31.2 Å². The predicted octanol–water partition coefficient (Wildman–Crippen LogP) is 2.47. The number of aromatic nitrogens is 2. The van der Waals surface area contributed by atoms with Gasteiger partial charge in [0.05, 0.1) is 11.7 Å². The van der Waals surface area contributed by atoms with E-state index in [9.17, 15) is 0 Å². The molecule has 0 fully saturated rings. The standard InChI is InChI=1S/C15H17N3/c1-2-17-15(14-10-16-7-8-18-14)13-9-11-5-3-4-6-12(11)13/h3-8,10,13,15,17H,2,9H2,1H3. The van der Waals surface area contributed by atoms with E-state index in [4.69, 9.17) is 0 Å². The summed E-state index contributed by atoms with van der Waals surface area (Å²) >= 11 is 0. The second-order valence-electron chi connectivity index (χ2n) is 4.68. The van der Waals surface area contributed by atoms with Gasteiger partial charge in [0.1, 0.15) is 0 Å². The largest absolute Gasteiger partial charge is 0.308 e. The van der Waals surface area contributed by atoms with Gasteiger partial charge in [0.25, 0.3) is 0 Å². The van der Waals surface area contributed by atoms with Crippen molar-refractivity contribution < 1.29 is 0 Å².